The lowest BCUT2D eigenvalue weighted by molar-refractivity contribution is 0.0640. The zero-order valence-corrected chi connectivity index (χ0v) is 12.8. The zero-order chi connectivity index (χ0) is 14.9. The van der Waals surface area contributed by atoms with E-state index in [4.69, 9.17) is 4.74 Å². The lowest BCUT2D eigenvalue weighted by atomic mass is 9.89. The summed E-state index contributed by atoms with van der Waals surface area (Å²) in [7, 11) is 0. The van der Waals surface area contributed by atoms with Crippen LogP contribution in [0.4, 0.5) is 0 Å². The van der Waals surface area contributed by atoms with Crippen LogP contribution in [-0.4, -0.2) is 10.6 Å². The summed E-state index contributed by atoms with van der Waals surface area (Å²) in [6.07, 6.45) is 4.64. The van der Waals surface area contributed by atoms with E-state index in [9.17, 15) is 0 Å². The van der Waals surface area contributed by atoms with Gasteiger partial charge in [-0.15, -0.1) is 0 Å². The molecule has 2 atom stereocenters. The Kier molecular flexibility index (Phi) is 3.68. The monoisotopic (exact) mass is 282 g/mol. The molecule has 1 aliphatic heterocycles. The van der Waals surface area contributed by atoms with Crippen LogP contribution < -0.4 is 10.1 Å². The molecule has 1 aromatic heterocycles. The summed E-state index contributed by atoms with van der Waals surface area (Å²) in [5, 5.41) is 3.74. The van der Waals surface area contributed by atoms with Crippen molar-refractivity contribution in [2.75, 3.05) is 0 Å². The van der Waals surface area contributed by atoms with E-state index >= 15 is 0 Å². The Labute approximate surface area is 126 Å². The van der Waals surface area contributed by atoms with Gasteiger partial charge >= 0.3 is 0 Å². The first-order valence-electron chi connectivity index (χ1n) is 7.49. The maximum absolute atomic E-state index is 6.09. The predicted octanol–water partition coefficient (Wildman–Crippen LogP) is 4.03. The van der Waals surface area contributed by atoms with Crippen molar-refractivity contribution in [1.29, 1.82) is 0 Å². The average Bonchev–Trinajstić information content (AvgIpc) is 2.47. The highest BCUT2D eigenvalue weighted by molar-refractivity contribution is 5.39. The third-order valence-electron chi connectivity index (χ3n) is 4.03. The zero-order valence-electron chi connectivity index (χ0n) is 12.8. The highest BCUT2D eigenvalue weighted by atomic mass is 16.5. The Bertz CT molecular complexity index is 610. The summed E-state index contributed by atoms with van der Waals surface area (Å²) in [5.74, 6) is 0.994. The van der Waals surface area contributed by atoms with Crippen LogP contribution in [0.2, 0.25) is 0 Å². The van der Waals surface area contributed by atoms with Gasteiger partial charge in [0.2, 0.25) is 0 Å². The first kappa shape index (κ1) is 14.1. The molecular weight excluding hydrogens is 260 g/mol. The summed E-state index contributed by atoms with van der Waals surface area (Å²) in [5.41, 5.74) is 2.36. The Morgan fingerprint density at radius 1 is 1.19 bits per heavy atom. The molecule has 0 bridgehead atoms. The van der Waals surface area contributed by atoms with Crippen LogP contribution in [0.1, 0.15) is 50.4 Å². The lowest BCUT2D eigenvalue weighted by Gasteiger charge is -2.39. The van der Waals surface area contributed by atoms with Crippen LogP contribution in [0.25, 0.3) is 0 Å². The molecule has 0 aliphatic carbocycles. The minimum Gasteiger partial charge on any atom is -0.487 e. The first-order valence-corrected chi connectivity index (χ1v) is 7.49. The molecule has 1 N–H and O–H groups in total. The molecule has 0 fully saturated rings. The highest BCUT2D eigenvalue weighted by Gasteiger charge is 2.33. The minimum atomic E-state index is -0.149. The molecule has 0 saturated heterocycles. The predicted molar refractivity (Wildman–Crippen MR) is 84.3 cm³/mol. The second-order valence-electron chi connectivity index (χ2n) is 6.33. The van der Waals surface area contributed by atoms with Crippen LogP contribution in [0.15, 0.2) is 48.8 Å². The second-order valence-corrected chi connectivity index (χ2v) is 6.33. The number of nitrogens with zero attached hydrogens (tertiary/aromatic N) is 1. The smallest absolute Gasteiger partial charge is 0.124 e. The minimum absolute atomic E-state index is 0.149. The molecule has 0 radical (unpaired) electrons. The maximum Gasteiger partial charge on any atom is 0.124 e. The van der Waals surface area contributed by atoms with Gasteiger partial charge < -0.3 is 10.1 Å². The summed E-state index contributed by atoms with van der Waals surface area (Å²) in [4.78, 5) is 4.09. The van der Waals surface area contributed by atoms with Gasteiger partial charge in [-0.2, -0.15) is 0 Å². The molecule has 2 aromatic rings. The normalized spacial score (nSPS) is 21.2. The van der Waals surface area contributed by atoms with Gasteiger partial charge in [0, 0.05) is 36.5 Å². The van der Waals surface area contributed by atoms with E-state index < -0.39 is 0 Å². The number of para-hydroxylation sites is 1. The maximum atomic E-state index is 6.09. The standard InChI is InChI=1S/C18H22N2O/c1-13(14-8-10-19-11-9-14)20-16-12-18(2,3)21-17-7-5-4-6-15(16)17/h4-11,13,16,20H,12H2,1-3H3/t13-,16?/m0/s1. The summed E-state index contributed by atoms with van der Waals surface area (Å²) in [6.45, 7) is 6.49. The molecule has 0 spiro atoms. The summed E-state index contributed by atoms with van der Waals surface area (Å²) in [6, 6.07) is 13.0. The Hall–Kier alpha value is -1.87. The van der Waals surface area contributed by atoms with Crippen LogP contribution in [0.5, 0.6) is 5.75 Å². The molecule has 0 amide bonds. The van der Waals surface area contributed by atoms with Crippen molar-refractivity contribution < 1.29 is 4.74 Å². The van der Waals surface area contributed by atoms with Gasteiger partial charge in [0.25, 0.3) is 0 Å². The van der Waals surface area contributed by atoms with Crippen LogP contribution in [0, 0.1) is 0 Å². The van der Waals surface area contributed by atoms with E-state index in [-0.39, 0.29) is 11.6 Å². The SMILES string of the molecule is C[C@H](NC1CC(C)(C)Oc2ccccc21)c1ccncc1. The van der Waals surface area contributed by atoms with Crippen LogP contribution >= 0.6 is 0 Å². The molecular formula is C18H22N2O. The lowest BCUT2D eigenvalue weighted by Crippen LogP contribution is -2.40. The van der Waals surface area contributed by atoms with Gasteiger partial charge in [0.15, 0.2) is 0 Å². The van der Waals surface area contributed by atoms with Gasteiger partial charge in [0.05, 0.1) is 0 Å². The van der Waals surface area contributed by atoms with Crippen molar-refractivity contribution in [3.05, 3.63) is 59.9 Å². The van der Waals surface area contributed by atoms with E-state index in [1.807, 2.05) is 18.5 Å². The van der Waals surface area contributed by atoms with Gasteiger partial charge in [-0.05, 0) is 44.5 Å². The molecule has 1 unspecified atom stereocenters. The fraction of sp³-hybridized carbons (Fsp3) is 0.389. The number of hydrogen-bond acceptors (Lipinski definition) is 3. The molecule has 0 saturated carbocycles. The van der Waals surface area contributed by atoms with Gasteiger partial charge in [-0.25, -0.2) is 0 Å². The van der Waals surface area contributed by atoms with Gasteiger partial charge in [0.1, 0.15) is 11.4 Å². The van der Waals surface area contributed by atoms with Crippen molar-refractivity contribution in [1.82, 2.24) is 10.3 Å². The molecule has 3 nitrogen and oxygen atoms in total. The molecule has 21 heavy (non-hydrogen) atoms. The van der Waals surface area contributed by atoms with Crippen molar-refractivity contribution in [3.8, 4) is 5.75 Å². The van der Waals surface area contributed by atoms with E-state index in [0.29, 0.717) is 6.04 Å². The van der Waals surface area contributed by atoms with Crippen molar-refractivity contribution >= 4 is 0 Å². The number of fused-ring (bicyclic) bond motifs is 1. The third kappa shape index (κ3) is 3.08. The molecule has 3 heteroatoms. The van der Waals surface area contributed by atoms with E-state index in [1.165, 1.54) is 11.1 Å². The van der Waals surface area contributed by atoms with E-state index in [0.717, 1.165) is 12.2 Å². The Balaban J connectivity index is 1.85. The summed E-state index contributed by atoms with van der Waals surface area (Å²) >= 11 is 0. The summed E-state index contributed by atoms with van der Waals surface area (Å²) < 4.78 is 6.09. The average molecular weight is 282 g/mol. The van der Waals surface area contributed by atoms with Crippen LogP contribution in [-0.2, 0) is 0 Å². The van der Waals surface area contributed by atoms with E-state index in [2.05, 4.69) is 61.4 Å². The number of ether oxygens (including phenoxy) is 1. The fourth-order valence-corrected chi connectivity index (χ4v) is 3.00. The topological polar surface area (TPSA) is 34.1 Å². The fourth-order valence-electron chi connectivity index (χ4n) is 3.00. The number of aromatic nitrogens is 1. The number of pyridine rings is 1. The number of nitrogens with one attached hydrogen (secondary N) is 1. The van der Waals surface area contributed by atoms with Gasteiger partial charge in [-0.3, -0.25) is 4.98 Å². The first-order chi connectivity index (χ1) is 10.1. The van der Waals surface area contributed by atoms with Gasteiger partial charge in [-0.1, -0.05) is 18.2 Å². The molecule has 3 rings (SSSR count). The molecule has 1 aromatic carbocycles. The van der Waals surface area contributed by atoms with E-state index in [1.54, 1.807) is 0 Å². The van der Waals surface area contributed by atoms with Crippen molar-refractivity contribution in [2.45, 2.75) is 44.9 Å². The second kappa shape index (κ2) is 5.49. The third-order valence-corrected chi connectivity index (χ3v) is 4.03. The van der Waals surface area contributed by atoms with Crippen molar-refractivity contribution in [3.63, 3.8) is 0 Å². The van der Waals surface area contributed by atoms with Crippen molar-refractivity contribution in [2.24, 2.45) is 0 Å². The molecule has 110 valence electrons. The Morgan fingerprint density at radius 3 is 2.67 bits per heavy atom. The quantitative estimate of drug-likeness (QED) is 0.922. The Morgan fingerprint density at radius 2 is 1.90 bits per heavy atom. The molecule has 1 aliphatic rings. The number of benzene rings is 1. The largest absolute Gasteiger partial charge is 0.487 e. The highest BCUT2D eigenvalue weighted by Crippen LogP contribution is 2.40. The van der Waals surface area contributed by atoms with Crippen LogP contribution in [0.3, 0.4) is 0 Å². The number of hydrogen-bond donors (Lipinski definition) is 1. The molecule has 2 heterocycles. The number of rotatable bonds is 3.